The van der Waals surface area contributed by atoms with Gasteiger partial charge in [0.05, 0.1) is 17.9 Å². The van der Waals surface area contributed by atoms with Gasteiger partial charge in [0, 0.05) is 37.5 Å². The van der Waals surface area contributed by atoms with E-state index in [0.29, 0.717) is 6.04 Å². The fourth-order valence-electron chi connectivity index (χ4n) is 2.33. The molecule has 0 saturated carbocycles. The maximum atomic E-state index is 6.19. The first-order valence-corrected chi connectivity index (χ1v) is 6.92. The van der Waals surface area contributed by atoms with Crippen LogP contribution in [-0.2, 0) is 13.5 Å². The van der Waals surface area contributed by atoms with Crippen LogP contribution in [0.1, 0.15) is 50.0 Å². The summed E-state index contributed by atoms with van der Waals surface area (Å²) in [6.07, 6.45) is 8.80. The largest absolute Gasteiger partial charge is 0.324 e. The van der Waals surface area contributed by atoms with Gasteiger partial charge in [0.25, 0.3) is 0 Å². The molecule has 2 rings (SSSR count). The van der Waals surface area contributed by atoms with Crippen LogP contribution in [-0.4, -0.2) is 19.6 Å². The zero-order valence-corrected chi connectivity index (χ0v) is 12.0. The molecule has 2 aromatic heterocycles. The maximum absolute atomic E-state index is 6.19. The second-order valence-electron chi connectivity index (χ2n) is 5.02. The number of hydrogen-bond acceptors (Lipinski definition) is 3. The average molecular weight is 261 g/mol. The normalized spacial score (nSPS) is 13.1. The van der Waals surface area contributed by atoms with Gasteiger partial charge in [-0.05, 0) is 18.9 Å². The molecule has 0 radical (unpaired) electrons. The molecule has 1 unspecified atom stereocenters. The zero-order chi connectivity index (χ0) is 13.8. The Morgan fingerprint density at radius 1 is 1.32 bits per heavy atom. The lowest BCUT2D eigenvalue weighted by molar-refractivity contribution is 0.424. The van der Waals surface area contributed by atoms with E-state index in [0.717, 1.165) is 30.5 Å². The van der Waals surface area contributed by atoms with Gasteiger partial charge in [-0.3, -0.25) is 9.36 Å². The van der Waals surface area contributed by atoms with Crippen LogP contribution < -0.4 is 5.73 Å². The van der Waals surface area contributed by atoms with E-state index in [1.54, 1.807) is 4.68 Å². The van der Waals surface area contributed by atoms with Gasteiger partial charge in [-0.2, -0.15) is 10.2 Å². The summed E-state index contributed by atoms with van der Waals surface area (Å²) in [4.78, 5) is 0. The lowest BCUT2D eigenvalue weighted by Crippen LogP contribution is -2.14. The summed E-state index contributed by atoms with van der Waals surface area (Å²) in [5.74, 6) is 0. The molecular formula is C14H23N5. The predicted octanol–water partition coefficient (Wildman–Crippen LogP) is 2.22. The highest BCUT2D eigenvalue weighted by Gasteiger charge is 2.13. The minimum atomic E-state index is -0.0428. The van der Waals surface area contributed by atoms with E-state index >= 15 is 0 Å². The molecule has 0 fully saturated rings. The highest BCUT2D eigenvalue weighted by molar-refractivity contribution is 5.13. The molecule has 1 atom stereocenters. The summed E-state index contributed by atoms with van der Waals surface area (Å²) >= 11 is 0. The first kappa shape index (κ1) is 13.8. The summed E-state index contributed by atoms with van der Waals surface area (Å²) in [5, 5.41) is 8.78. The van der Waals surface area contributed by atoms with Gasteiger partial charge in [0.1, 0.15) is 0 Å². The highest BCUT2D eigenvalue weighted by Crippen LogP contribution is 2.17. The fraction of sp³-hybridized carbons (Fsp3) is 0.571. The Balaban J connectivity index is 2.03. The number of nitrogens with zero attached hydrogens (tertiary/aromatic N) is 4. The molecule has 104 valence electrons. The minimum absolute atomic E-state index is 0.0428. The fourth-order valence-corrected chi connectivity index (χ4v) is 2.33. The third-order valence-electron chi connectivity index (χ3n) is 3.56. The standard InChI is InChI=1S/C14H23N5/c1-4-13(5-2)19-7-6-12(17-19)8-14(15)11-9-16-18(3)10-11/h6-7,9-10,13-14H,4-5,8,15H2,1-3H3. The van der Waals surface area contributed by atoms with Crippen LogP contribution in [0.2, 0.25) is 0 Å². The van der Waals surface area contributed by atoms with Crippen LogP contribution >= 0.6 is 0 Å². The molecule has 0 bridgehead atoms. The van der Waals surface area contributed by atoms with E-state index in [2.05, 4.69) is 41.0 Å². The second kappa shape index (κ2) is 6.02. The number of hydrogen-bond donors (Lipinski definition) is 1. The third kappa shape index (κ3) is 3.23. The summed E-state index contributed by atoms with van der Waals surface area (Å²) in [6, 6.07) is 2.51. The Kier molecular flexibility index (Phi) is 4.37. The van der Waals surface area contributed by atoms with Crippen LogP contribution in [0.25, 0.3) is 0 Å². The first-order valence-electron chi connectivity index (χ1n) is 6.92. The van der Waals surface area contributed by atoms with Crippen molar-refractivity contribution in [1.29, 1.82) is 0 Å². The Morgan fingerprint density at radius 2 is 2.05 bits per heavy atom. The molecule has 0 aromatic carbocycles. The Hall–Kier alpha value is -1.62. The summed E-state index contributed by atoms with van der Waals surface area (Å²) in [6.45, 7) is 4.38. The molecule has 2 aromatic rings. The molecule has 5 nitrogen and oxygen atoms in total. The molecule has 0 aliphatic carbocycles. The van der Waals surface area contributed by atoms with E-state index in [1.807, 2.05) is 19.4 Å². The van der Waals surface area contributed by atoms with E-state index in [1.165, 1.54) is 0 Å². The Morgan fingerprint density at radius 3 is 2.63 bits per heavy atom. The van der Waals surface area contributed by atoms with E-state index in [9.17, 15) is 0 Å². The molecule has 0 spiro atoms. The third-order valence-corrected chi connectivity index (χ3v) is 3.56. The van der Waals surface area contributed by atoms with Gasteiger partial charge in [-0.1, -0.05) is 13.8 Å². The number of rotatable bonds is 6. The van der Waals surface area contributed by atoms with E-state index in [-0.39, 0.29) is 6.04 Å². The van der Waals surface area contributed by atoms with Crippen molar-refractivity contribution in [2.75, 3.05) is 0 Å². The van der Waals surface area contributed by atoms with E-state index < -0.39 is 0 Å². The topological polar surface area (TPSA) is 61.7 Å². The average Bonchev–Trinajstić information content (AvgIpc) is 3.00. The minimum Gasteiger partial charge on any atom is -0.324 e. The van der Waals surface area contributed by atoms with Crippen molar-refractivity contribution >= 4 is 0 Å². The molecule has 0 amide bonds. The van der Waals surface area contributed by atoms with Crippen molar-refractivity contribution in [3.8, 4) is 0 Å². The number of aryl methyl sites for hydroxylation is 1. The van der Waals surface area contributed by atoms with Crippen LogP contribution in [0, 0.1) is 0 Å². The van der Waals surface area contributed by atoms with Crippen molar-refractivity contribution in [2.45, 2.75) is 45.2 Å². The van der Waals surface area contributed by atoms with Gasteiger partial charge in [0.2, 0.25) is 0 Å². The molecular weight excluding hydrogens is 238 g/mol. The van der Waals surface area contributed by atoms with Crippen LogP contribution in [0.4, 0.5) is 0 Å². The van der Waals surface area contributed by atoms with Crippen LogP contribution in [0.5, 0.6) is 0 Å². The number of aromatic nitrogens is 4. The summed E-state index contributed by atoms with van der Waals surface area (Å²) in [5.41, 5.74) is 8.29. The Labute approximate surface area is 114 Å². The Bertz CT molecular complexity index is 509. The van der Waals surface area contributed by atoms with Gasteiger partial charge in [0.15, 0.2) is 0 Å². The van der Waals surface area contributed by atoms with Crippen molar-refractivity contribution in [2.24, 2.45) is 12.8 Å². The van der Waals surface area contributed by atoms with E-state index in [4.69, 9.17) is 5.73 Å². The van der Waals surface area contributed by atoms with Gasteiger partial charge < -0.3 is 5.73 Å². The molecule has 19 heavy (non-hydrogen) atoms. The first-order chi connectivity index (χ1) is 9.13. The molecule has 5 heteroatoms. The van der Waals surface area contributed by atoms with Crippen LogP contribution in [0.15, 0.2) is 24.7 Å². The van der Waals surface area contributed by atoms with Gasteiger partial charge in [-0.15, -0.1) is 0 Å². The predicted molar refractivity (Wildman–Crippen MR) is 75.7 cm³/mol. The summed E-state index contributed by atoms with van der Waals surface area (Å²) < 4.78 is 3.84. The SMILES string of the molecule is CCC(CC)n1ccc(CC(N)c2cnn(C)c2)n1. The van der Waals surface area contributed by atoms with Gasteiger partial charge >= 0.3 is 0 Å². The van der Waals surface area contributed by atoms with Crippen molar-refractivity contribution in [1.82, 2.24) is 19.6 Å². The van der Waals surface area contributed by atoms with Crippen molar-refractivity contribution in [3.63, 3.8) is 0 Å². The lowest BCUT2D eigenvalue weighted by atomic mass is 10.1. The molecule has 0 aliphatic heterocycles. The van der Waals surface area contributed by atoms with Crippen LogP contribution in [0.3, 0.4) is 0 Å². The quantitative estimate of drug-likeness (QED) is 0.867. The number of nitrogens with two attached hydrogens (primary N) is 1. The smallest absolute Gasteiger partial charge is 0.0643 e. The second-order valence-corrected chi connectivity index (χ2v) is 5.02. The molecule has 2 heterocycles. The molecule has 0 saturated heterocycles. The zero-order valence-electron chi connectivity index (χ0n) is 12.0. The van der Waals surface area contributed by atoms with Crippen molar-refractivity contribution in [3.05, 3.63) is 35.9 Å². The lowest BCUT2D eigenvalue weighted by Gasteiger charge is -2.12. The maximum Gasteiger partial charge on any atom is 0.0643 e. The monoisotopic (exact) mass is 261 g/mol. The highest BCUT2D eigenvalue weighted by atomic mass is 15.3. The summed E-state index contributed by atoms with van der Waals surface area (Å²) in [7, 11) is 1.90. The molecule has 2 N–H and O–H groups in total. The van der Waals surface area contributed by atoms with Gasteiger partial charge in [-0.25, -0.2) is 0 Å². The van der Waals surface area contributed by atoms with Crippen molar-refractivity contribution < 1.29 is 0 Å². The molecule has 0 aliphatic rings.